The number of benzene rings is 3. The lowest BCUT2D eigenvalue weighted by atomic mass is 10.2. The van der Waals surface area contributed by atoms with Gasteiger partial charge in [-0.2, -0.15) is 0 Å². The highest BCUT2D eigenvalue weighted by molar-refractivity contribution is 6.30. The van der Waals surface area contributed by atoms with Crippen LogP contribution < -0.4 is 20.7 Å². The van der Waals surface area contributed by atoms with Crippen molar-refractivity contribution < 1.29 is 13.9 Å². The summed E-state index contributed by atoms with van der Waals surface area (Å²) in [6, 6.07) is 16.8. The van der Waals surface area contributed by atoms with Crippen LogP contribution in [0.3, 0.4) is 0 Å². The average Bonchev–Trinajstić information content (AvgIpc) is 2.79. The average molecular weight is 466 g/mol. The Bertz CT molecular complexity index is 1280. The largest absolute Gasteiger partial charge is 0.491 e. The van der Waals surface area contributed by atoms with Crippen molar-refractivity contribution in [2.75, 3.05) is 22.6 Å². The van der Waals surface area contributed by atoms with Gasteiger partial charge in [-0.3, -0.25) is 0 Å². The molecule has 33 heavy (non-hydrogen) atoms. The number of nitrogens with one attached hydrogen (secondary N) is 3. The highest BCUT2D eigenvalue weighted by Gasteiger charge is 2.11. The molecule has 0 spiro atoms. The molecule has 3 N–H and O–H groups in total. The van der Waals surface area contributed by atoms with E-state index in [9.17, 15) is 9.18 Å². The molecule has 0 saturated carbocycles. The molecule has 0 aliphatic rings. The number of halogens is 2. The number of anilines is 3. The summed E-state index contributed by atoms with van der Waals surface area (Å²) < 4.78 is 19.6. The van der Waals surface area contributed by atoms with E-state index in [-0.39, 0.29) is 11.8 Å². The molecule has 0 aliphatic carbocycles. The normalized spacial score (nSPS) is 10.6. The third-order valence-electron chi connectivity index (χ3n) is 4.74. The number of amides is 2. The maximum atomic E-state index is 14.3. The molecule has 0 radical (unpaired) electrons. The molecule has 4 aromatic rings. The predicted molar refractivity (Wildman–Crippen MR) is 129 cm³/mol. The van der Waals surface area contributed by atoms with Crippen LogP contribution in [0.1, 0.15) is 12.5 Å². The number of carbonyl (C=O) groups is 1. The first-order valence-corrected chi connectivity index (χ1v) is 10.6. The first-order chi connectivity index (χ1) is 16.0. The Morgan fingerprint density at radius 1 is 1.03 bits per heavy atom. The van der Waals surface area contributed by atoms with Gasteiger partial charge in [0.1, 0.15) is 12.1 Å². The van der Waals surface area contributed by atoms with Crippen molar-refractivity contribution in [1.82, 2.24) is 9.97 Å². The van der Waals surface area contributed by atoms with E-state index in [1.807, 2.05) is 12.1 Å². The van der Waals surface area contributed by atoms with Gasteiger partial charge in [0.2, 0.25) is 0 Å². The number of fused-ring (bicyclic) bond motifs is 1. The predicted octanol–water partition coefficient (Wildman–Crippen LogP) is 6.08. The van der Waals surface area contributed by atoms with Crippen molar-refractivity contribution in [2.45, 2.75) is 13.5 Å². The molecule has 1 aromatic heterocycles. The zero-order chi connectivity index (χ0) is 23.2. The summed E-state index contributed by atoms with van der Waals surface area (Å²) in [6.07, 6.45) is 1.42. The Balaban J connectivity index is 1.39. The van der Waals surface area contributed by atoms with Crippen LogP contribution in [0.4, 0.5) is 26.4 Å². The number of rotatable bonds is 7. The van der Waals surface area contributed by atoms with Crippen LogP contribution in [-0.4, -0.2) is 22.6 Å². The minimum Gasteiger partial charge on any atom is -0.491 e. The van der Waals surface area contributed by atoms with Gasteiger partial charge in [0, 0.05) is 34.4 Å². The smallest absolute Gasteiger partial charge is 0.323 e. The number of aromatic nitrogens is 2. The van der Waals surface area contributed by atoms with E-state index in [1.165, 1.54) is 12.4 Å². The van der Waals surface area contributed by atoms with Gasteiger partial charge >= 0.3 is 6.03 Å². The Kier molecular flexibility index (Phi) is 6.85. The van der Waals surface area contributed by atoms with Gasteiger partial charge in [-0.05, 0) is 48.9 Å². The Morgan fingerprint density at radius 3 is 2.58 bits per heavy atom. The third kappa shape index (κ3) is 5.67. The zero-order valence-electron chi connectivity index (χ0n) is 17.7. The highest BCUT2D eigenvalue weighted by Crippen LogP contribution is 2.27. The number of hydrogen-bond acceptors (Lipinski definition) is 5. The molecule has 2 amide bonds. The molecule has 0 fully saturated rings. The monoisotopic (exact) mass is 465 g/mol. The zero-order valence-corrected chi connectivity index (χ0v) is 18.5. The van der Waals surface area contributed by atoms with Crippen molar-refractivity contribution in [3.63, 3.8) is 0 Å². The minimum atomic E-state index is -0.464. The number of urea groups is 1. The number of hydrogen-bond donors (Lipinski definition) is 3. The van der Waals surface area contributed by atoms with Gasteiger partial charge in [0.25, 0.3) is 0 Å². The summed E-state index contributed by atoms with van der Waals surface area (Å²) in [6.45, 7) is 2.62. The molecule has 3 aromatic carbocycles. The molecule has 0 unspecified atom stereocenters. The topological polar surface area (TPSA) is 88.2 Å². The molecule has 0 bridgehead atoms. The summed E-state index contributed by atoms with van der Waals surface area (Å²) in [7, 11) is 0. The first kappa shape index (κ1) is 22.3. The van der Waals surface area contributed by atoms with Crippen molar-refractivity contribution in [3.8, 4) is 5.75 Å². The molecule has 4 rings (SSSR count). The number of nitrogens with zero attached hydrogens (tertiary/aromatic N) is 2. The molecular formula is C24H21ClFN5O2. The van der Waals surface area contributed by atoms with Gasteiger partial charge in [0.15, 0.2) is 11.6 Å². The maximum absolute atomic E-state index is 14.3. The van der Waals surface area contributed by atoms with Gasteiger partial charge in [-0.15, -0.1) is 0 Å². The fourth-order valence-electron chi connectivity index (χ4n) is 3.22. The van der Waals surface area contributed by atoms with E-state index in [0.717, 1.165) is 5.56 Å². The fraction of sp³-hybridized carbons (Fsp3) is 0.125. The number of carbonyl (C=O) groups excluding carboxylic acids is 1. The highest BCUT2D eigenvalue weighted by atomic mass is 35.5. The van der Waals surface area contributed by atoms with Crippen LogP contribution in [0, 0.1) is 5.82 Å². The second kappa shape index (κ2) is 10.1. The second-order valence-corrected chi connectivity index (χ2v) is 7.53. The molecule has 1 heterocycles. The molecule has 0 saturated heterocycles. The van der Waals surface area contributed by atoms with Gasteiger partial charge < -0.3 is 20.7 Å². The Labute approximate surface area is 195 Å². The molecule has 0 atom stereocenters. The van der Waals surface area contributed by atoms with Crippen molar-refractivity contribution in [1.29, 1.82) is 0 Å². The van der Waals surface area contributed by atoms with Gasteiger partial charge in [-0.1, -0.05) is 29.8 Å². The summed E-state index contributed by atoms with van der Waals surface area (Å²) in [4.78, 5) is 20.6. The van der Waals surface area contributed by atoms with E-state index in [1.54, 1.807) is 49.4 Å². The van der Waals surface area contributed by atoms with E-state index in [0.29, 0.717) is 46.3 Å². The number of ether oxygens (including phenoxy) is 1. The lowest BCUT2D eigenvalue weighted by Gasteiger charge is -2.11. The van der Waals surface area contributed by atoms with Crippen LogP contribution in [-0.2, 0) is 6.54 Å². The summed E-state index contributed by atoms with van der Waals surface area (Å²) >= 11 is 5.93. The minimum absolute atomic E-state index is 0.164. The van der Waals surface area contributed by atoms with E-state index in [4.69, 9.17) is 16.3 Å². The quantitative estimate of drug-likeness (QED) is 0.308. The van der Waals surface area contributed by atoms with E-state index < -0.39 is 5.82 Å². The Hall–Kier alpha value is -3.91. The van der Waals surface area contributed by atoms with Crippen LogP contribution in [0.15, 0.2) is 67.0 Å². The molecule has 168 valence electrons. The van der Waals surface area contributed by atoms with E-state index in [2.05, 4.69) is 25.9 Å². The third-order valence-corrected chi connectivity index (χ3v) is 4.98. The van der Waals surface area contributed by atoms with Crippen molar-refractivity contribution >= 4 is 45.7 Å². The maximum Gasteiger partial charge on any atom is 0.323 e. The molecule has 0 aliphatic heterocycles. The Morgan fingerprint density at radius 2 is 1.82 bits per heavy atom. The van der Waals surface area contributed by atoms with Crippen LogP contribution in [0.25, 0.3) is 10.9 Å². The van der Waals surface area contributed by atoms with Crippen molar-refractivity contribution in [3.05, 3.63) is 83.4 Å². The lowest BCUT2D eigenvalue weighted by molar-refractivity contribution is 0.262. The fourth-order valence-corrected chi connectivity index (χ4v) is 3.41. The van der Waals surface area contributed by atoms with E-state index >= 15 is 0 Å². The van der Waals surface area contributed by atoms with Gasteiger partial charge in [-0.25, -0.2) is 19.2 Å². The molecule has 9 heteroatoms. The second-order valence-electron chi connectivity index (χ2n) is 7.10. The summed E-state index contributed by atoms with van der Waals surface area (Å²) in [5, 5.41) is 9.81. The lowest BCUT2D eigenvalue weighted by Crippen LogP contribution is -2.19. The van der Waals surface area contributed by atoms with Crippen LogP contribution >= 0.6 is 11.6 Å². The standard InChI is InChI=1S/C24H21ClFN5O2/c1-2-33-22-12-21-19(11-20(22)26)23(29-14-28-21)27-13-15-6-8-17(9-7-15)30-24(32)31-18-5-3-4-16(25)10-18/h3-12,14H,2,13H2,1H3,(H,27,28,29)(H2,30,31,32). The SMILES string of the molecule is CCOc1cc2ncnc(NCc3ccc(NC(=O)Nc4cccc(Cl)c4)cc3)c2cc1F. The summed E-state index contributed by atoms with van der Waals surface area (Å²) in [5.41, 5.74) is 2.77. The molecular weight excluding hydrogens is 445 g/mol. The molecule has 7 nitrogen and oxygen atoms in total. The summed E-state index contributed by atoms with van der Waals surface area (Å²) in [5.74, 6) is 0.218. The van der Waals surface area contributed by atoms with Gasteiger partial charge in [0.05, 0.1) is 12.1 Å². The van der Waals surface area contributed by atoms with Crippen LogP contribution in [0.5, 0.6) is 5.75 Å². The van der Waals surface area contributed by atoms with Crippen molar-refractivity contribution in [2.24, 2.45) is 0 Å². The first-order valence-electron chi connectivity index (χ1n) is 10.3. The van der Waals surface area contributed by atoms with Crippen LogP contribution in [0.2, 0.25) is 5.02 Å².